The van der Waals surface area contributed by atoms with Crippen molar-refractivity contribution in [3.63, 3.8) is 0 Å². The minimum Gasteiger partial charge on any atom is -0.478 e. The molecule has 0 atom stereocenters. The summed E-state index contributed by atoms with van der Waals surface area (Å²) in [7, 11) is 0. The molecule has 9 nitrogen and oxygen atoms in total. The second kappa shape index (κ2) is 16.0. The molecule has 35 heavy (non-hydrogen) atoms. The minimum absolute atomic E-state index is 0.266. The lowest BCUT2D eigenvalue weighted by Crippen LogP contribution is -2.10. The van der Waals surface area contributed by atoms with Crippen LogP contribution in [0.25, 0.3) is 0 Å². The molecule has 0 aliphatic heterocycles. The number of unbranched alkanes of at least 4 members (excludes halogenated alkanes) is 8. The van der Waals surface area contributed by atoms with Crippen molar-refractivity contribution in [3.05, 3.63) is 52.1 Å². The number of hydrogen-bond donors (Lipinski definition) is 4. The SMILES string of the molecule is CCCCCCCCCCCc1nc(CC)c(C#N)[nH]1.O=C(O)c1ccc(C(=O)O)c(C(=O)O)c1. The fourth-order valence-electron chi connectivity index (χ4n) is 3.57. The Labute approximate surface area is 205 Å². The van der Waals surface area contributed by atoms with Crippen LogP contribution in [0.4, 0.5) is 0 Å². The molecule has 0 aliphatic carbocycles. The van der Waals surface area contributed by atoms with Crippen molar-refractivity contribution in [2.75, 3.05) is 0 Å². The van der Waals surface area contributed by atoms with E-state index in [9.17, 15) is 14.4 Å². The first-order valence-electron chi connectivity index (χ1n) is 12.1. The molecule has 0 saturated carbocycles. The Morgan fingerprint density at radius 2 is 1.43 bits per heavy atom. The summed E-state index contributed by atoms with van der Waals surface area (Å²) in [6, 6.07) is 4.99. The predicted octanol–water partition coefficient (Wildman–Crippen LogP) is 5.70. The molecule has 0 radical (unpaired) electrons. The number of benzene rings is 1. The molecule has 0 saturated heterocycles. The number of aromatic nitrogens is 2. The molecule has 1 heterocycles. The number of nitrogens with zero attached hydrogens (tertiary/aromatic N) is 2. The quantitative estimate of drug-likeness (QED) is 0.247. The zero-order valence-electron chi connectivity index (χ0n) is 20.5. The van der Waals surface area contributed by atoms with E-state index in [1.807, 2.05) is 6.92 Å². The monoisotopic (exact) mass is 485 g/mol. The maximum atomic E-state index is 10.6. The summed E-state index contributed by atoms with van der Waals surface area (Å²) >= 11 is 0. The first-order chi connectivity index (χ1) is 16.7. The molecule has 1 aromatic carbocycles. The average molecular weight is 486 g/mol. The standard InChI is InChI=1S/C17H29N3.C9H6O6/c1-3-5-6-7-8-9-10-11-12-13-17-19-15(4-2)16(14-18)20-17;10-7(11)4-1-2-5(8(12)13)6(3-4)9(14)15/h3-13H2,1-2H3,(H,19,20);1-3H,(H,10,11)(H,12,13)(H,14,15). The van der Waals surface area contributed by atoms with Crippen molar-refractivity contribution >= 4 is 17.9 Å². The van der Waals surface area contributed by atoms with Crippen LogP contribution in [-0.2, 0) is 12.8 Å². The van der Waals surface area contributed by atoms with Crippen LogP contribution >= 0.6 is 0 Å². The molecule has 4 N–H and O–H groups in total. The van der Waals surface area contributed by atoms with Gasteiger partial charge in [-0.05, 0) is 31.0 Å². The van der Waals surface area contributed by atoms with Crippen molar-refractivity contribution < 1.29 is 29.7 Å². The highest BCUT2D eigenvalue weighted by molar-refractivity contribution is 6.03. The number of aromatic carboxylic acids is 3. The second-order valence-corrected chi connectivity index (χ2v) is 8.22. The van der Waals surface area contributed by atoms with E-state index in [2.05, 4.69) is 23.0 Å². The summed E-state index contributed by atoms with van der Waals surface area (Å²) in [6.45, 7) is 4.30. The first kappa shape index (κ1) is 29.4. The molecule has 2 aromatic rings. The van der Waals surface area contributed by atoms with Gasteiger partial charge < -0.3 is 20.3 Å². The Balaban J connectivity index is 0.000000365. The van der Waals surface area contributed by atoms with E-state index in [-0.39, 0.29) is 5.56 Å². The summed E-state index contributed by atoms with van der Waals surface area (Å²) in [6.07, 6.45) is 13.9. The molecule has 0 unspecified atom stereocenters. The van der Waals surface area contributed by atoms with Gasteiger partial charge in [-0.3, -0.25) is 0 Å². The Bertz CT molecular complexity index is 1020. The normalized spacial score (nSPS) is 10.2. The van der Waals surface area contributed by atoms with Crippen LogP contribution in [0.1, 0.15) is 120 Å². The number of nitrogens with one attached hydrogen (secondary N) is 1. The van der Waals surface area contributed by atoms with Crippen molar-refractivity contribution in [2.45, 2.75) is 84.5 Å². The summed E-state index contributed by atoms with van der Waals surface area (Å²) < 4.78 is 0. The number of hydrogen-bond acceptors (Lipinski definition) is 5. The molecule has 0 bridgehead atoms. The number of nitriles is 1. The van der Waals surface area contributed by atoms with Gasteiger partial charge in [-0.2, -0.15) is 5.26 Å². The molecule has 2 rings (SSSR count). The number of aryl methyl sites for hydroxylation is 2. The van der Waals surface area contributed by atoms with Crippen LogP contribution in [0.2, 0.25) is 0 Å². The number of carbonyl (C=O) groups is 3. The number of aromatic amines is 1. The zero-order valence-corrected chi connectivity index (χ0v) is 20.5. The summed E-state index contributed by atoms with van der Waals surface area (Å²) in [5.74, 6) is -3.21. The highest BCUT2D eigenvalue weighted by Crippen LogP contribution is 2.14. The molecule has 0 fully saturated rings. The van der Waals surface area contributed by atoms with Crippen LogP contribution in [0.3, 0.4) is 0 Å². The Morgan fingerprint density at radius 1 is 0.857 bits per heavy atom. The number of rotatable bonds is 14. The third-order valence-corrected chi connectivity index (χ3v) is 5.52. The molecule has 0 aliphatic rings. The molecular weight excluding hydrogens is 450 g/mol. The largest absolute Gasteiger partial charge is 0.478 e. The third kappa shape index (κ3) is 10.4. The number of imidazole rings is 1. The van der Waals surface area contributed by atoms with E-state index in [1.165, 1.54) is 57.8 Å². The first-order valence-corrected chi connectivity index (χ1v) is 12.1. The molecule has 0 spiro atoms. The number of carboxylic acids is 3. The Morgan fingerprint density at radius 3 is 1.89 bits per heavy atom. The summed E-state index contributed by atoms with van der Waals surface area (Å²) in [5, 5.41) is 34.8. The number of carboxylic acid groups (broad SMARTS) is 3. The van der Waals surface area contributed by atoms with Gasteiger partial charge in [-0.25, -0.2) is 19.4 Å². The fourth-order valence-corrected chi connectivity index (χ4v) is 3.57. The third-order valence-electron chi connectivity index (χ3n) is 5.52. The highest BCUT2D eigenvalue weighted by atomic mass is 16.4. The van der Waals surface area contributed by atoms with Gasteiger partial charge in [0.25, 0.3) is 0 Å². The van der Waals surface area contributed by atoms with Gasteiger partial charge in [0.05, 0.1) is 22.4 Å². The smallest absolute Gasteiger partial charge is 0.336 e. The van der Waals surface area contributed by atoms with Crippen LogP contribution in [0.15, 0.2) is 18.2 Å². The summed E-state index contributed by atoms with van der Waals surface area (Å²) in [5.41, 5.74) is 0.323. The van der Waals surface area contributed by atoms with Crippen LogP contribution in [0.5, 0.6) is 0 Å². The fraction of sp³-hybridized carbons (Fsp3) is 0.500. The van der Waals surface area contributed by atoms with Crippen LogP contribution in [0, 0.1) is 11.3 Å². The molecule has 190 valence electrons. The van der Waals surface area contributed by atoms with Gasteiger partial charge >= 0.3 is 17.9 Å². The van der Waals surface area contributed by atoms with Crippen LogP contribution < -0.4 is 0 Å². The van der Waals surface area contributed by atoms with Gasteiger partial charge in [-0.15, -0.1) is 0 Å². The van der Waals surface area contributed by atoms with E-state index in [0.717, 1.165) is 42.6 Å². The van der Waals surface area contributed by atoms with E-state index < -0.39 is 29.0 Å². The summed E-state index contributed by atoms with van der Waals surface area (Å²) in [4.78, 5) is 39.4. The zero-order chi connectivity index (χ0) is 26.2. The molecule has 9 heteroatoms. The Kier molecular flexibility index (Phi) is 13.5. The topological polar surface area (TPSA) is 164 Å². The van der Waals surface area contributed by atoms with Gasteiger partial charge in [0, 0.05) is 6.42 Å². The highest BCUT2D eigenvalue weighted by Gasteiger charge is 2.18. The van der Waals surface area contributed by atoms with E-state index in [0.29, 0.717) is 5.69 Å². The van der Waals surface area contributed by atoms with Crippen molar-refractivity contribution in [2.24, 2.45) is 0 Å². The second-order valence-electron chi connectivity index (χ2n) is 8.22. The average Bonchev–Trinajstić information content (AvgIpc) is 3.25. The molecule has 1 aromatic heterocycles. The van der Waals surface area contributed by atoms with E-state index in [4.69, 9.17) is 20.6 Å². The van der Waals surface area contributed by atoms with Gasteiger partial charge in [0.1, 0.15) is 17.6 Å². The van der Waals surface area contributed by atoms with Crippen molar-refractivity contribution in [1.82, 2.24) is 9.97 Å². The predicted molar refractivity (Wildman–Crippen MR) is 131 cm³/mol. The number of H-pyrrole nitrogens is 1. The Hall–Kier alpha value is -3.67. The van der Waals surface area contributed by atoms with Crippen molar-refractivity contribution in [3.8, 4) is 6.07 Å². The van der Waals surface area contributed by atoms with Gasteiger partial charge in [-0.1, -0.05) is 65.2 Å². The maximum absolute atomic E-state index is 10.6. The van der Waals surface area contributed by atoms with E-state index in [1.54, 1.807) is 0 Å². The molecule has 0 amide bonds. The van der Waals surface area contributed by atoms with E-state index >= 15 is 0 Å². The molecular formula is C26H35N3O6. The van der Waals surface area contributed by atoms with Crippen molar-refractivity contribution in [1.29, 1.82) is 5.26 Å². The van der Waals surface area contributed by atoms with Gasteiger partial charge in [0.2, 0.25) is 0 Å². The lowest BCUT2D eigenvalue weighted by molar-refractivity contribution is 0.0649. The minimum atomic E-state index is -1.48. The lowest BCUT2D eigenvalue weighted by atomic mass is 10.0. The van der Waals surface area contributed by atoms with Gasteiger partial charge in [0.15, 0.2) is 0 Å². The maximum Gasteiger partial charge on any atom is 0.336 e. The van der Waals surface area contributed by atoms with Crippen LogP contribution in [-0.4, -0.2) is 43.2 Å². The lowest BCUT2D eigenvalue weighted by Gasteiger charge is -2.02.